The van der Waals surface area contributed by atoms with Crippen molar-refractivity contribution >= 4 is 29.1 Å². The second-order valence-electron chi connectivity index (χ2n) is 3.94. The highest BCUT2D eigenvalue weighted by Crippen LogP contribution is 2.27. The standard InChI is InChI=1S/C12H13ClOS/c1-8-4-10(6-11(13)5-8)12(14)9-2-3-15-7-9/h4-6,9H,2-3,7H2,1H3. The first kappa shape index (κ1) is 11.0. The van der Waals surface area contributed by atoms with Crippen LogP contribution >= 0.6 is 23.4 Å². The Labute approximate surface area is 99.2 Å². The number of halogens is 1. The molecule has 0 saturated carbocycles. The number of carbonyl (C=O) groups is 1. The van der Waals surface area contributed by atoms with Gasteiger partial charge in [-0.05, 0) is 42.9 Å². The molecule has 1 aromatic rings. The molecule has 1 aromatic carbocycles. The zero-order chi connectivity index (χ0) is 10.8. The summed E-state index contributed by atoms with van der Waals surface area (Å²) in [6, 6.07) is 5.58. The molecule has 80 valence electrons. The van der Waals surface area contributed by atoms with Crippen LogP contribution in [-0.4, -0.2) is 17.3 Å². The van der Waals surface area contributed by atoms with Crippen LogP contribution < -0.4 is 0 Å². The summed E-state index contributed by atoms with van der Waals surface area (Å²) in [7, 11) is 0. The molecule has 1 saturated heterocycles. The van der Waals surface area contributed by atoms with E-state index in [-0.39, 0.29) is 11.7 Å². The fourth-order valence-corrected chi connectivity index (χ4v) is 3.37. The van der Waals surface area contributed by atoms with E-state index in [1.54, 1.807) is 6.07 Å². The molecule has 0 spiro atoms. The Bertz CT molecular complexity index is 363. The zero-order valence-corrected chi connectivity index (χ0v) is 10.2. The lowest BCUT2D eigenvalue weighted by Crippen LogP contribution is -2.13. The summed E-state index contributed by atoms with van der Waals surface area (Å²) in [5, 5.41) is 0.656. The second-order valence-corrected chi connectivity index (χ2v) is 5.53. The smallest absolute Gasteiger partial charge is 0.166 e. The van der Waals surface area contributed by atoms with Crippen LogP contribution in [0, 0.1) is 12.8 Å². The molecule has 0 N–H and O–H groups in total. The molecule has 1 heterocycles. The van der Waals surface area contributed by atoms with Crippen molar-refractivity contribution < 1.29 is 4.79 Å². The minimum absolute atomic E-state index is 0.202. The van der Waals surface area contributed by atoms with Crippen LogP contribution in [-0.2, 0) is 0 Å². The summed E-state index contributed by atoms with van der Waals surface area (Å²) in [6.07, 6.45) is 1.01. The molecule has 1 fully saturated rings. The van der Waals surface area contributed by atoms with Gasteiger partial charge >= 0.3 is 0 Å². The van der Waals surface area contributed by atoms with Gasteiger partial charge in [-0.3, -0.25) is 4.79 Å². The lowest BCUT2D eigenvalue weighted by Gasteiger charge is -2.08. The molecule has 1 aliphatic rings. The first-order chi connectivity index (χ1) is 7.16. The SMILES string of the molecule is Cc1cc(Cl)cc(C(=O)C2CCSC2)c1. The highest BCUT2D eigenvalue weighted by Gasteiger charge is 2.24. The van der Waals surface area contributed by atoms with Gasteiger partial charge in [0.25, 0.3) is 0 Å². The van der Waals surface area contributed by atoms with Gasteiger partial charge in [0.05, 0.1) is 0 Å². The van der Waals surface area contributed by atoms with Crippen molar-refractivity contribution in [3.05, 3.63) is 34.3 Å². The van der Waals surface area contributed by atoms with Crippen molar-refractivity contribution in [2.45, 2.75) is 13.3 Å². The van der Waals surface area contributed by atoms with Crippen molar-refractivity contribution in [3.63, 3.8) is 0 Å². The van der Waals surface area contributed by atoms with Gasteiger partial charge in [0.1, 0.15) is 0 Å². The summed E-state index contributed by atoms with van der Waals surface area (Å²) in [6.45, 7) is 1.96. The molecule has 0 aliphatic carbocycles. The van der Waals surface area contributed by atoms with Crippen LogP contribution in [0.4, 0.5) is 0 Å². The van der Waals surface area contributed by atoms with E-state index < -0.39 is 0 Å². The first-order valence-electron chi connectivity index (χ1n) is 5.06. The number of hydrogen-bond acceptors (Lipinski definition) is 2. The van der Waals surface area contributed by atoms with Gasteiger partial charge in [-0.2, -0.15) is 11.8 Å². The monoisotopic (exact) mass is 240 g/mol. The summed E-state index contributed by atoms with van der Waals surface area (Å²) in [5.74, 6) is 2.53. The molecule has 0 radical (unpaired) electrons. The van der Waals surface area contributed by atoms with Crippen LogP contribution in [0.1, 0.15) is 22.3 Å². The average molecular weight is 241 g/mol. The molecular weight excluding hydrogens is 228 g/mol. The Morgan fingerprint density at radius 3 is 2.87 bits per heavy atom. The minimum Gasteiger partial charge on any atom is -0.294 e. The molecule has 2 rings (SSSR count). The number of hydrogen-bond donors (Lipinski definition) is 0. The van der Waals surface area contributed by atoms with Gasteiger partial charge in [0, 0.05) is 22.3 Å². The molecule has 15 heavy (non-hydrogen) atoms. The molecule has 1 nitrogen and oxygen atoms in total. The van der Waals surface area contributed by atoms with Gasteiger partial charge < -0.3 is 0 Å². The number of carbonyl (C=O) groups excluding carboxylic acids is 1. The number of aryl methyl sites for hydroxylation is 1. The van der Waals surface area contributed by atoms with Gasteiger partial charge in [0.2, 0.25) is 0 Å². The molecule has 1 unspecified atom stereocenters. The number of Topliss-reactive ketones (excluding diaryl/α,β-unsaturated/α-hetero) is 1. The minimum atomic E-state index is 0.202. The maximum atomic E-state index is 12.1. The second kappa shape index (κ2) is 4.58. The van der Waals surface area contributed by atoms with Crippen molar-refractivity contribution in [2.75, 3.05) is 11.5 Å². The molecule has 0 bridgehead atoms. The van der Waals surface area contributed by atoms with Crippen molar-refractivity contribution in [1.82, 2.24) is 0 Å². The van der Waals surface area contributed by atoms with Gasteiger partial charge in [0.15, 0.2) is 5.78 Å². The molecule has 1 atom stereocenters. The van der Waals surface area contributed by atoms with Crippen molar-refractivity contribution in [3.8, 4) is 0 Å². The largest absolute Gasteiger partial charge is 0.294 e. The van der Waals surface area contributed by atoms with Crippen molar-refractivity contribution in [1.29, 1.82) is 0 Å². The fourth-order valence-electron chi connectivity index (χ4n) is 1.86. The van der Waals surface area contributed by atoms with Gasteiger partial charge in [-0.15, -0.1) is 0 Å². The van der Waals surface area contributed by atoms with Gasteiger partial charge in [-0.1, -0.05) is 11.6 Å². The Morgan fingerprint density at radius 1 is 1.47 bits per heavy atom. The van der Waals surface area contributed by atoms with E-state index >= 15 is 0 Å². The third-order valence-corrected chi connectivity index (χ3v) is 4.01. The summed E-state index contributed by atoms with van der Waals surface area (Å²) in [4.78, 5) is 12.1. The molecule has 0 amide bonds. The van der Waals surface area contributed by atoms with Crippen LogP contribution in [0.3, 0.4) is 0 Å². The number of benzene rings is 1. The van der Waals surface area contributed by atoms with Crippen LogP contribution in [0.2, 0.25) is 5.02 Å². The predicted molar refractivity (Wildman–Crippen MR) is 66.0 cm³/mol. The van der Waals surface area contributed by atoms with E-state index in [9.17, 15) is 4.79 Å². The Kier molecular flexibility index (Phi) is 3.37. The van der Waals surface area contributed by atoms with Crippen molar-refractivity contribution in [2.24, 2.45) is 5.92 Å². The highest BCUT2D eigenvalue weighted by molar-refractivity contribution is 7.99. The summed E-state index contributed by atoms with van der Waals surface area (Å²) >= 11 is 7.80. The lowest BCUT2D eigenvalue weighted by molar-refractivity contribution is 0.0933. The number of rotatable bonds is 2. The van der Waals surface area contributed by atoms with E-state index in [1.165, 1.54) is 0 Å². The molecule has 3 heteroatoms. The third-order valence-electron chi connectivity index (χ3n) is 2.63. The van der Waals surface area contributed by atoms with E-state index in [0.717, 1.165) is 29.1 Å². The molecule has 0 aromatic heterocycles. The Balaban J connectivity index is 2.24. The van der Waals surface area contributed by atoms with Gasteiger partial charge in [-0.25, -0.2) is 0 Å². The summed E-state index contributed by atoms with van der Waals surface area (Å²) in [5.41, 5.74) is 1.82. The summed E-state index contributed by atoms with van der Waals surface area (Å²) < 4.78 is 0. The maximum Gasteiger partial charge on any atom is 0.166 e. The van der Waals surface area contributed by atoms with E-state index in [1.807, 2.05) is 30.8 Å². The number of ketones is 1. The van der Waals surface area contributed by atoms with Crippen LogP contribution in [0.25, 0.3) is 0 Å². The van der Waals surface area contributed by atoms with Crippen LogP contribution in [0.15, 0.2) is 18.2 Å². The quantitative estimate of drug-likeness (QED) is 0.735. The fraction of sp³-hybridized carbons (Fsp3) is 0.417. The van der Waals surface area contributed by atoms with E-state index in [0.29, 0.717) is 5.02 Å². The normalized spacial score (nSPS) is 20.5. The van der Waals surface area contributed by atoms with E-state index in [4.69, 9.17) is 11.6 Å². The topological polar surface area (TPSA) is 17.1 Å². The van der Waals surface area contributed by atoms with Crippen LogP contribution in [0.5, 0.6) is 0 Å². The zero-order valence-electron chi connectivity index (χ0n) is 8.63. The first-order valence-corrected chi connectivity index (χ1v) is 6.59. The predicted octanol–water partition coefficient (Wildman–Crippen LogP) is 3.58. The molecule has 1 aliphatic heterocycles. The lowest BCUT2D eigenvalue weighted by atomic mass is 9.96. The Hall–Kier alpha value is -0.470. The average Bonchev–Trinajstić information content (AvgIpc) is 2.67. The number of thioether (sulfide) groups is 1. The van der Waals surface area contributed by atoms with E-state index in [2.05, 4.69) is 0 Å². The Morgan fingerprint density at radius 2 is 2.27 bits per heavy atom. The third kappa shape index (κ3) is 2.56. The molecular formula is C12H13ClOS. The maximum absolute atomic E-state index is 12.1. The highest BCUT2D eigenvalue weighted by atomic mass is 35.5.